The van der Waals surface area contributed by atoms with Crippen LogP contribution in [0, 0.1) is 11.7 Å². The maximum absolute atomic E-state index is 13.2. The number of ether oxygens (including phenoxy) is 1. The maximum atomic E-state index is 13.2. The number of Topliss-reactive ketones (excluding diaryl/α,β-unsaturated/α-hetero) is 1. The predicted octanol–water partition coefficient (Wildman–Crippen LogP) is 1.92. The fraction of sp³-hybridized carbons (Fsp3) is 0.462. The first-order valence-electron chi connectivity index (χ1n) is 6.02. The van der Waals surface area contributed by atoms with Crippen LogP contribution in [0.1, 0.15) is 18.4 Å². The van der Waals surface area contributed by atoms with E-state index in [1.54, 1.807) is 0 Å². The molecule has 0 radical (unpaired) electrons. The van der Waals surface area contributed by atoms with Gasteiger partial charge in [0.2, 0.25) is 5.92 Å². The van der Waals surface area contributed by atoms with Crippen LogP contribution in [0.25, 0.3) is 0 Å². The van der Waals surface area contributed by atoms with Gasteiger partial charge >= 0.3 is 5.97 Å². The predicted molar refractivity (Wildman–Crippen MR) is 61.5 cm³/mol. The maximum Gasteiger partial charge on any atom is 0.309 e. The fourth-order valence-electron chi connectivity index (χ4n) is 1.91. The monoisotopic (exact) mass is 287 g/mol. The van der Waals surface area contributed by atoms with Gasteiger partial charge in [0.25, 0.3) is 0 Å². The quantitative estimate of drug-likeness (QED) is 0.776. The zero-order chi connectivity index (χ0) is 14.8. The Morgan fingerprint density at radius 3 is 2.70 bits per heavy atom. The van der Waals surface area contributed by atoms with Crippen LogP contribution in [0.15, 0.2) is 18.5 Å². The summed E-state index contributed by atoms with van der Waals surface area (Å²) in [5.74, 6) is -5.59. The number of pyridine rings is 1. The molecule has 0 saturated heterocycles. The fourth-order valence-corrected chi connectivity index (χ4v) is 1.91. The molecule has 1 saturated carbocycles. The Hall–Kier alpha value is -1.92. The lowest BCUT2D eigenvalue weighted by Gasteiger charge is -2.32. The molecule has 0 spiro atoms. The van der Waals surface area contributed by atoms with Gasteiger partial charge < -0.3 is 4.74 Å². The summed E-state index contributed by atoms with van der Waals surface area (Å²) < 4.78 is 43.0. The standard InChI is InChI=1S/C13H12F3NO3/c14-11-6-17-2-1-8(11)3-10(18)7-20-12(19)9-4-13(15,16)5-9/h1-2,6,9H,3-5,7H2. The van der Waals surface area contributed by atoms with Gasteiger partial charge in [0.1, 0.15) is 12.4 Å². The third kappa shape index (κ3) is 3.55. The number of nitrogens with zero attached hydrogens (tertiary/aromatic N) is 1. The normalized spacial score (nSPS) is 17.4. The Bertz CT molecular complexity index is 525. The summed E-state index contributed by atoms with van der Waals surface area (Å²) in [6.45, 7) is -0.539. The molecule has 1 aromatic heterocycles. The average molecular weight is 287 g/mol. The van der Waals surface area contributed by atoms with Crippen molar-refractivity contribution in [1.29, 1.82) is 0 Å². The molecular weight excluding hydrogens is 275 g/mol. The Kier molecular flexibility index (Phi) is 4.06. The molecule has 108 valence electrons. The molecule has 1 aliphatic carbocycles. The highest BCUT2D eigenvalue weighted by molar-refractivity contribution is 5.84. The third-order valence-corrected chi connectivity index (χ3v) is 3.04. The molecule has 0 aliphatic heterocycles. The molecule has 2 rings (SSSR count). The van der Waals surface area contributed by atoms with Crippen LogP contribution < -0.4 is 0 Å². The largest absolute Gasteiger partial charge is 0.457 e. The number of carbonyl (C=O) groups excluding carboxylic acids is 2. The lowest BCUT2D eigenvalue weighted by molar-refractivity contribution is -0.172. The van der Waals surface area contributed by atoms with Crippen LogP contribution in [0.5, 0.6) is 0 Å². The molecular formula is C13H12F3NO3. The molecule has 0 N–H and O–H groups in total. The molecule has 1 aromatic rings. The van der Waals surface area contributed by atoms with Crippen LogP contribution in [0.2, 0.25) is 0 Å². The number of esters is 1. The summed E-state index contributed by atoms with van der Waals surface area (Å²) >= 11 is 0. The number of halogens is 3. The van der Waals surface area contributed by atoms with E-state index in [1.165, 1.54) is 12.3 Å². The lowest BCUT2D eigenvalue weighted by Crippen LogP contribution is -2.41. The van der Waals surface area contributed by atoms with E-state index in [0.717, 1.165) is 6.20 Å². The molecule has 7 heteroatoms. The molecule has 1 fully saturated rings. The van der Waals surface area contributed by atoms with E-state index in [2.05, 4.69) is 9.72 Å². The topological polar surface area (TPSA) is 56.3 Å². The lowest BCUT2D eigenvalue weighted by atomic mass is 9.81. The molecule has 20 heavy (non-hydrogen) atoms. The number of hydrogen-bond acceptors (Lipinski definition) is 4. The number of carbonyl (C=O) groups is 2. The van der Waals surface area contributed by atoms with Crippen LogP contribution in [0.3, 0.4) is 0 Å². The molecule has 1 aliphatic rings. The first kappa shape index (κ1) is 14.5. The van der Waals surface area contributed by atoms with Crippen molar-refractivity contribution in [2.45, 2.75) is 25.2 Å². The van der Waals surface area contributed by atoms with Gasteiger partial charge in [0.15, 0.2) is 5.78 Å². The van der Waals surface area contributed by atoms with Crippen molar-refractivity contribution in [3.8, 4) is 0 Å². The average Bonchev–Trinajstić information content (AvgIpc) is 2.36. The van der Waals surface area contributed by atoms with Crippen molar-refractivity contribution in [3.63, 3.8) is 0 Å². The zero-order valence-electron chi connectivity index (χ0n) is 10.4. The molecule has 0 atom stereocenters. The number of hydrogen-bond donors (Lipinski definition) is 0. The molecule has 0 bridgehead atoms. The summed E-state index contributed by atoms with van der Waals surface area (Å²) in [5.41, 5.74) is 0.149. The minimum absolute atomic E-state index is 0.149. The SMILES string of the molecule is O=C(COC(=O)C1CC(F)(F)C1)Cc1ccncc1F. The minimum Gasteiger partial charge on any atom is -0.457 e. The van der Waals surface area contributed by atoms with Crippen LogP contribution in [0.4, 0.5) is 13.2 Å². The van der Waals surface area contributed by atoms with Gasteiger partial charge in [0, 0.05) is 25.5 Å². The van der Waals surface area contributed by atoms with Gasteiger partial charge in [-0.25, -0.2) is 13.2 Å². The minimum atomic E-state index is -2.81. The van der Waals surface area contributed by atoms with Crippen molar-refractivity contribution >= 4 is 11.8 Å². The van der Waals surface area contributed by atoms with Crippen molar-refractivity contribution in [3.05, 3.63) is 29.8 Å². The van der Waals surface area contributed by atoms with Gasteiger partial charge in [-0.15, -0.1) is 0 Å². The van der Waals surface area contributed by atoms with Crippen molar-refractivity contribution in [2.24, 2.45) is 5.92 Å². The summed E-state index contributed by atoms with van der Waals surface area (Å²) in [6, 6.07) is 1.35. The number of aromatic nitrogens is 1. The molecule has 4 nitrogen and oxygen atoms in total. The van der Waals surface area contributed by atoms with Crippen LogP contribution in [-0.2, 0) is 20.7 Å². The van der Waals surface area contributed by atoms with E-state index in [9.17, 15) is 22.8 Å². The molecule has 0 unspecified atom stereocenters. The zero-order valence-corrected chi connectivity index (χ0v) is 10.4. The second-order valence-corrected chi connectivity index (χ2v) is 4.75. The van der Waals surface area contributed by atoms with E-state index in [1.807, 2.05) is 0 Å². The van der Waals surface area contributed by atoms with Gasteiger partial charge in [-0.2, -0.15) is 0 Å². The highest BCUT2D eigenvalue weighted by Crippen LogP contribution is 2.42. The third-order valence-electron chi connectivity index (χ3n) is 3.04. The number of alkyl halides is 2. The Labute approximate surface area is 112 Å². The first-order chi connectivity index (χ1) is 9.37. The second kappa shape index (κ2) is 5.60. The van der Waals surface area contributed by atoms with Crippen molar-refractivity contribution in [1.82, 2.24) is 4.98 Å². The summed E-state index contributed by atoms with van der Waals surface area (Å²) in [7, 11) is 0. The second-order valence-electron chi connectivity index (χ2n) is 4.75. The number of ketones is 1. The van der Waals surface area contributed by atoms with Crippen LogP contribution in [-0.4, -0.2) is 29.3 Å². The van der Waals surface area contributed by atoms with Crippen LogP contribution >= 0.6 is 0 Å². The van der Waals surface area contributed by atoms with E-state index in [4.69, 9.17) is 0 Å². The van der Waals surface area contributed by atoms with Gasteiger partial charge in [0.05, 0.1) is 12.1 Å². The van der Waals surface area contributed by atoms with Crippen molar-refractivity contribution < 1.29 is 27.5 Å². The van der Waals surface area contributed by atoms with E-state index < -0.39 is 48.9 Å². The summed E-state index contributed by atoms with van der Waals surface area (Å²) in [6.07, 6.45) is 1.000. The summed E-state index contributed by atoms with van der Waals surface area (Å²) in [5, 5.41) is 0. The first-order valence-corrected chi connectivity index (χ1v) is 6.02. The van der Waals surface area contributed by atoms with E-state index >= 15 is 0 Å². The van der Waals surface area contributed by atoms with Gasteiger partial charge in [-0.3, -0.25) is 14.6 Å². The van der Waals surface area contributed by atoms with Gasteiger partial charge in [-0.05, 0) is 11.6 Å². The van der Waals surface area contributed by atoms with Gasteiger partial charge in [-0.1, -0.05) is 0 Å². The highest BCUT2D eigenvalue weighted by Gasteiger charge is 2.49. The Morgan fingerprint density at radius 1 is 1.40 bits per heavy atom. The molecule has 1 heterocycles. The number of rotatable bonds is 5. The van der Waals surface area contributed by atoms with Crippen molar-refractivity contribution in [2.75, 3.05) is 6.61 Å². The van der Waals surface area contributed by atoms with E-state index in [0.29, 0.717) is 0 Å². The smallest absolute Gasteiger partial charge is 0.309 e. The Morgan fingerprint density at radius 2 is 2.10 bits per heavy atom. The Balaban J connectivity index is 1.76. The summed E-state index contributed by atoms with van der Waals surface area (Å²) in [4.78, 5) is 26.4. The highest BCUT2D eigenvalue weighted by atomic mass is 19.3. The molecule has 0 aromatic carbocycles. The molecule has 0 amide bonds. The van der Waals surface area contributed by atoms with E-state index in [-0.39, 0.29) is 12.0 Å².